The quantitative estimate of drug-likeness (QED) is 0.634. The SMILES string of the molecule is N#Cc1ccccc1CCC(=O)CC1CCCC(c2nccc3c2C=CCC3)C1. The number of carbonyl (C=O) groups is 1. The van der Waals surface area contributed by atoms with E-state index in [1.54, 1.807) is 0 Å². The average molecular weight is 385 g/mol. The molecule has 0 bridgehead atoms. The Labute approximate surface area is 173 Å². The van der Waals surface area contributed by atoms with Gasteiger partial charge < -0.3 is 0 Å². The molecule has 3 nitrogen and oxygen atoms in total. The van der Waals surface area contributed by atoms with Gasteiger partial charge in [0.05, 0.1) is 17.3 Å². The number of hydrogen-bond acceptors (Lipinski definition) is 3. The van der Waals surface area contributed by atoms with E-state index >= 15 is 0 Å². The van der Waals surface area contributed by atoms with Gasteiger partial charge in [-0.05, 0) is 73.3 Å². The third kappa shape index (κ3) is 4.65. The maximum Gasteiger partial charge on any atom is 0.133 e. The molecule has 0 saturated heterocycles. The lowest BCUT2D eigenvalue weighted by atomic mass is 9.75. The first-order chi connectivity index (χ1) is 14.2. The van der Waals surface area contributed by atoms with Gasteiger partial charge in [-0.3, -0.25) is 9.78 Å². The van der Waals surface area contributed by atoms with Crippen LogP contribution in [0, 0.1) is 17.2 Å². The fourth-order valence-electron chi connectivity index (χ4n) is 4.98. The van der Waals surface area contributed by atoms with Gasteiger partial charge in [0, 0.05) is 25.0 Å². The molecule has 3 heteroatoms. The number of Topliss-reactive ketones (excluding diaryl/α,β-unsaturated/α-hetero) is 1. The third-order valence-electron chi connectivity index (χ3n) is 6.47. The van der Waals surface area contributed by atoms with Crippen LogP contribution < -0.4 is 0 Å². The molecule has 1 saturated carbocycles. The van der Waals surface area contributed by atoms with Crippen molar-refractivity contribution in [2.75, 3.05) is 0 Å². The highest BCUT2D eigenvalue weighted by atomic mass is 16.1. The van der Waals surface area contributed by atoms with E-state index in [4.69, 9.17) is 4.98 Å². The van der Waals surface area contributed by atoms with E-state index in [1.807, 2.05) is 30.5 Å². The molecule has 0 aliphatic heterocycles. The lowest BCUT2D eigenvalue weighted by molar-refractivity contribution is -0.120. The Morgan fingerprint density at radius 2 is 2.10 bits per heavy atom. The molecule has 1 aromatic carbocycles. The number of ketones is 1. The van der Waals surface area contributed by atoms with Crippen LogP contribution in [0.25, 0.3) is 6.08 Å². The highest BCUT2D eigenvalue weighted by molar-refractivity contribution is 5.79. The van der Waals surface area contributed by atoms with E-state index in [0.717, 1.165) is 31.2 Å². The number of aryl methyl sites for hydroxylation is 2. The van der Waals surface area contributed by atoms with Gasteiger partial charge in [-0.15, -0.1) is 0 Å². The van der Waals surface area contributed by atoms with Crippen molar-refractivity contribution in [1.82, 2.24) is 4.98 Å². The maximum atomic E-state index is 12.7. The molecule has 1 aromatic heterocycles. The highest BCUT2D eigenvalue weighted by Crippen LogP contribution is 2.39. The first-order valence-electron chi connectivity index (χ1n) is 10.9. The second-order valence-electron chi connectivity index (χ2n) is 8.45. The van der Waals surface area contributed by atoms with E-state index in [0.29, 0.717) is 42.4 Å². The van der Waals surface area contributed by atoms with Crippen molar-refractivity contribution in [3.05, 3.63) is 70.6 Å². The molecule has 0 N–H and O–H groups in total. The van der Waals surface area contributed by atoms with Gasteiger partial charge in [0.15, 0.2) is 0 Å². The highest BCUT2D eigenvalue weighted by Gasteiger charge is 2.27. The molecule has 29 heavy (non-hydrogen) atoms. The summed E-state index contributed by atoms with van der Waals surface area (Å²) in [6, 6.07) is 12.0. The van der Waals surface area contributed by atoms with Crippen molar-refractivity contribution in [3.63, 3.8) is 0 Å². The lowest BCUT2D eigenvalue weighted by Gasteiger charge is -2.30. The topological polar surface area (TPSA) is 53.8 Å². The molecular weight excluding hydrogens is 356 g/mol. The van der Waals surface area contributed by atoms with Crippen LogP contribution in [0.1, 0.15) is 78.8 Å². The van der Waals surface area contributed by atoms with Crippen LogP contribution in [0.3, 0.4) is 0 Å². The van der Waals surface area contributed by atoms with Crippen molar-refractivity contribution >= 4 is 11.9 Å². The van der Waals surface area contributed by atoms with E-state index in [2.05, 4.69) is 24.3 Å². The average Bonchev–Trinajstić information content (AvgIpc) is 2.77. The number of hydrogen-bond donors (Lipinski definition) is 0. The van der Waals surface area contributed by atoms with Crippen LogP contribution in [0.2, 0.25) is 0 Å². The van der Waals surface area contributed by atoms with Crippen molar-refractivity contribution in [3.8, 4) is 6.07 Å². The molecule has 1 heterocycles. The number of rotatable bonds is 6. The van der Waals surface area contributed by atoms with Crippen LogP contribution in [0.5, 0.6) is 0 Å². The molecule has 0 radical (unpaired) electrons. The third-order valence-corrected chi connectivity index (χ3v) is 6.47. The number of aromatic nitrogens is 1. The van der Waals surface area contributed by atoms with Crippen molar-refractivity contribution in [1.29, 1.82) is 5.26 Å². The Morgan fingerprint density at radius 1 is 1.21 bits per heavy atom. The number of nitriles is 1. The number of benzene rings is 1. The molecule has 0 amide bonds. The fourth-order valence-corrected chi connectivity index (χ4v) is 4.98. The summed E-state index contributed by atoms with van der Waals surface area (Å²) in [6.45, 7) is 0. The maximum absolute atomic E-state index is 12.7. The van der Waals surface area contributed by atoms with Gasteiger partial charge in [-0.2, -0.15) is 5.26 Å². The van der Waals surface area contributed by atoms with Gasteiger partial charge in [-0.25, -0.2) is 0 Å². The minimum atomic E-state index is 0.325. The van der Waals surface area contributed by atoms with Gasteiger partial charge in [-0.1, -0.05) is 36.8 Å². The molecule has 2 atom stereocenters. The normalized spacial score (nSPS) is 20.7. The standard InChI is InChI=1S/C26H28N2O/c27-18-23-9-2-1-7-20(23)12-13-24(29)17-19-6-5-10-22(16-19)26-25-11-4-3-8-21(25)14-15-28-26/h1-2,4,7,9,11,14-15,19,22H,3,5-6,8,10,12-13,16-17H2. The van der Waals surface area contributed by atoms with E-state index < -0.39 is 0 Å². The van der Waals surface area contributed by atoms with Gasteiger partial charge in [0.1, 0.15) is 5.78 Å². The predicted octanol–water partition coefficient (Wildman–Crippen LogP) is 5.78. The summed E-state index contributed by atoms with van der Waals surface area (Å²) >= 11 is 0. The number of fused-ring (bicyclic) bond motifs is 1. The zero-order chi connectivity index (χ0) is 20.1. The summed E-state index contributed by atoms with van der Waals surface area (Å²) < 4.78 is 0. The summed E-state index contributed by atoms with van der Waals surface area (Å²) in [5.74, 6) is 1.25. The van der Waals surface area contributed by atoms with E-state index in [9.17, 15) is 10.1 Å². The number of nitrogens with zero attached hydrogens (tertiary/aromatic N) is 2. The summed E-state index contributed by atoms with van der Waals surface area (Å²) in [5, 5.41) is 9.22. The van der Waals surface area contributed by atoms with Gasteiger partial charge in [0.25, 0.3) is 0 Å². The molecular formula is C26H28N2O. The predicted molar refractivity (Wildman–Crippen MR) is 115 cm³/mol. The lowest BCUT2D eigenvalue weighted by Crippen LogP contribution is -2.19. The fraction of sp³-hybridized carbons (Fsp3) is 0.423. The van der Waals surface area contributed by atoms with Crippen LogP contribution >= 0.6 is 0 Å². The molecule has 2 aliphatic carbocycles. The first kappa shape index (κ1) is 19.6. The largest absolute Gasteiger partial charge is 0.300 e. The summed E-state index contributed by atoms with van der Waals surface area (Å²) in [7, 11) is 0. The minimum Gasteiger partial charge on any atom is -0.300 e. The van der Waals surface area contributed by atoms with E-state index in [1.165, 1.54) is 29.7 Å². The van der Waals surface area contributed by atoms with Crippen LogP contribution in [-0.4, -0.2) is 10.8 Å². The Hall–Kier alpha value is -2.73. The molecule has 2 aliphatic rings. The number of carbonyl (C=O) groups excluding carboxylic acids is 1. The molecule has 0 spiro atoms. The van der Waals surface area contributed by atoms with Crippen LogP contribution in [0.4, 0.5) is 0 Å². The van der Waals surface area contributed by atoms with Gasteiger partial charge >= 0.3 is 0 Å². The van der Waals surface area contributed by atoms with E-state index in [-0.39, 0.29) is 0 Å². The first-order valence-corrected chi connectivity index (χ1v) is 10.9. The monoisotopic (exact) mass is 384 g/mol. The van der Waals surface area contributed by atoms with Crippen LogP contribution in [-0.2, 0) is 17.6 Å². The van der Waals surface area contributed by atoms with Crippen LogP contribution in [0.15, 0.2) is 42.6 Å². The van der Waals surface area contributed by atoms with Crippen molar-refractivity contribution in [2.45, 2.75) is 63.7 Å². The Balaban J connectivity index is 1.37. The Kier molecular flexibility index (Phi) is 6.20. The summed E-state index contributed by atoms with van der Waals surface area (Å²) in [5.41, 5.74) is 5.68. The Morgan fingerprint density at radius 3 is 3.00 bits per heavy atom. The number of allylic oxidation sites excluding steroid dienone is 1. The van der Waals surface area contributed by atoms with Crippen molar-refractivity contribution in [2.24, 2.45) is 5.92 Å². The smallest absolute Gasteiger partial charge is 0.133 e. The number of pyridine rings is 1. The van der Waals surface area contributed by atoms with Crippen molar-refractivity contribution < 1.29 is 4.79 Å². The molecule has 2 unspecified atom stereocenters. The second kappa shape index (κ2) is 9.18. The molecule has 2 aromatic rings. The zero-order valence-electron chi connectivity index (χ0n) is 16.9. The molecule has 1 fully saturated rings. The zero-order valence-corrected chi connectivity index (χ0v) is 16.9. The molecule has 4 rings (SSSR count). The Bertz CT molecular complexity index is 953. The minimum absolute atomic E-state index is 0.325. The summed E-state index contributed by atoms with van der Waals surface area (Å²) in [4.78, 5) is 17.4. The molecule has 148 valence electrons. The summed E-state index contributed by atoms with van der Waals surface area (Å²) in [6.07, 6.45) is 15.1. The second-order valence-corrected chi connectivity index (χ2v) is 8.45. The van der Waals surface area contributed by atoms with Gasteiger partial charge in [0.2, 0.25) is 0 Å².